The van der Waals surface area contributed by atoms with Crippen LogP contribution in [0.2, 0.25) is 0 Å². The van der Waals surface area contributed by atoms with E-state index in [0.717, 1.165) is 51.5 Å². The number of hydrogen-bond donors (Lipinski definition) is 0. The van der Waals surface area contributed by atoms with Crippen LogP contribution in [0, 0.1) is 5.92 Å². The summed E-state index contributed by atoms with van der Waals surface area (Å²) in [4.78, 5) is 28.1. The van der Waals surface area contributed by atoms with Crippen LogP contribution in [0.4, 0.5) is 0 Å². The van der Waals surface area contributed by atoms with Gasteiger partial charge in [-0.25, -0.2) is 0 Å². The molecule has 2 atom stereocenters. The Bertz CT molecular complexity index is 813. The number of carbonyl (C=O) groups excluding carboxylic acids is 2. The quantitative estimate of drug-likeness (QED) is 0.531. The summed E-state index contributed by atoms with van der Waals surface area (Å²) in [6.45, 7) is 4.95. The minimum absolute atomic E-state index is 0.000180. The van der Waals surface area contributed by atoms with E-state index in [1.54, 1.807) is 0 Å². The lowest BCUT2D eigenvalue weighted by Crippen LogP contribution is -2.43. The lowest BCUT2D eigenvalue weighted by Gasteiger charge is -2.28. The van der Waals surface area contributed by atoms with Crippen molar-refractivity contribution in [3.05, 3.63) is 71.3 Å². The highest BCUT2D eigenvalue weighted by molar-refractivity contribution is 5.90. The van der Waals surface area contributed by atoms with Gasteiger partial charge in [0.05, 0.1) is 6.04 Å². The number of nitrogens with zero attached hydrogens (tertiary/aromatic N) is 1. The van der Waals surface area contributed by atoms with Crippen LogP contribution in [0.1, 0.15) is 62.6 Å². The molecule has 0 radical (unpaired) electrons. The Balaban J connectivity index is 1.55. The maximum atomic E-state index is 13.2. The van der Waals surface area contributed by atoms with Crippen LogP contribution in [0.3, 0.4) is 0 Å². The zero-order chi connectivity index (χ0) is 21.3. The molecule has 0 saturated carbocycles. The van der Waals surface area contributed by atoms with E-state index in [2.05, 4.69) is 50.2 Å². The average Bonchev–Trinajstić information content (AvgIpc) is 3.29. The Morgan fingerprint density at radius 3 is 2.27 bits per heavy atom. The van der Waals surface area contributed by atoms with Crippen LogP contribution in [0.5, 0.6) is 0 Å². The highest BCUT2D eigenvalue weighted by Gasteiger charge is 2.35. The SMILES string of the molecule is CCc1ccc(CCC(=O)[C@@H]2CCCN2C(=O)[C@H](CC)CCc2ccccc2)cc1. The van der Waals surface area contributed by atoms with Crippen molar-refractivity contribution in [2.75, 3.05) is 6.54 Å². The minimum atomic E-state index is -0.224. The van der Waals surface area contributed by atoms with E-state index >= 15 is 0 Å². The van der Waals surface area contributed by atoms with Crippen LogP contribution < -0.4 is 0 Å². The third kappa shape index (κ3) is 5.81. The number of benzene rings is 2. The summed E-state index contributed by atoms with van der Waals surface area (Å²) in [6.07, 6.45) is 6.63. The molecule has 0 bridgehead atoms. The van der Waals surface area contributed by atoms with Crippen LogP contribution >= 0.6 is 0 Å². The molecule has 0 N–H and O–H groups in total. The first kappa shape index (κ1) is 22.3. The van der Waals surface area contributed by atoms with Crippen molar-refractivity contribution >= 4 is 11.7 Å². The molecule has 1 heterocycles. The number of aryl methyl sites for hydroxylation is 3. The number of likely N-dealkylation sites (tertiary alicyclic amines) is 1. The fourth-order valence-electron chi connectivity index (χ4n) is 4.46. The van der Waals surface area contributed by atoms with Gasteiger partial charge in [0.1, 0.15) is 0 Å². The molecule has 1 amide bonds. The molecule has 3 heteroatoms. The molecule has 3 rings (SSSR count). The van der Waals surface area contributed by atoms with E-state index in [0.29, 0.717) is 6.42 Å². The molecule has 1 saturated heterocycles. The third-order valence-corrected chi connectivity index (χ3v) is 6.47. The lowest BCUT2D eigenvalue weighted by atomic mass is 9.94. The second kappa shape index (κ2) is 11.1. The Morgan fingerprint density at radius 1 is 0.933 bits per heavy atom. The zero-order valence-electron chi connectivity index (χ0n) is 18.5. The second-order valence-electron chi connectivity index (χ2n) is 8.46. The Morgan fingerprint density at radius 2 is 1.60 bits per heavy atom. The minimum Gasteiger partial charge on any atom is -0.332 e. The molecule has 160 valence electrons. The van der Waals surface area contributed by atoms with E-state index in [4.69, 9.17) is 0 Å². The second-order valence-corrected chi connectivity index (χ2v) is 8.46. The topological polar surface area (TPSA) is 37.4 Å². The van der Waals surface area contributed by atoms with E-state index in [-0.39, 0.29) is 23.7 Å². The van der Waals surface area contributed by atoms with Crippen molar-refractivity contribution in [2.24, 2.45) is 5.92 Å². The summed E-state index contributed by atoms with van der Waals surface area (Å²) in [6, 6.07) is 18.7. The number of amides is 1. The Labute approximate surface area is 181 Å². The molecule has 0 spiro atoms. The summed E-state index contributed by atoms with van der Waals surface area (Å²) in [5.74, 6) is 0.398. The van der Waals surface area contributed by atoms with Crippen LogP contribution in [0.25, 0.3) is 0 Å². The summed E-state index contributed by atoms with van der Waals surface area (Å²) in [7, 11) is 0. The largest absolute Gasteiger partial charge is 0.332 e. The zero-order valence-corrected chi connectivity index (χ0v) is 18.5. The van der Waals surface area contributed by atoms with Gasteiger partial charge in [-0.05, 0) is 61.6 Å². The number of Topliss-reactive ketones (excluding diaryl/α,β-unsaturated/α-hetero) is 1. The third-order valence-electron chi connectivity index (χ3n) is 6.47. The maximum Gasteiger partial charge on any atom is 0.226 e. The monoisotopic (exact) mass is 405 g/mol. The van der Waals surface area contributed by atoms with E-state index < -0.39 is 0 Å². The predicted molar refractivity (Wildman–Crippen MR) is 122 cm³/mol. The first-order valence-electron chi connectivity index (χ1n) is 11.6. The Kier molecular flexibility index (Phi) is 8.24. The van der Waals surface area contributed by atoms with Crippen LogP contribution in [0.15, 0.2) is 54.6 Å². The van der Waals surface area contributed by atoms with Gasteiger partial charge < -0.3 is 4.90 Å². The maximum absolute atomic E-state index is 13.2. The fraction of sp³-hybridized carbons (Fsp3) is 0.481. The molecule has 1 fully saturated rings. The van der Waals surface area contributed by atoms with E-state index in [9.17, 15) is 9.59 Å². The van der Waals surface area contributed by atoms with Crippen molar-refractivity contribution in [3.63, 3.8) is 0 Å². The summed E-state index contributed by atoms with van der Waals surface area (Å²) < 4.78 is 0. The molecule has 2 aromatic rings. The van der Waals surface area contributed by atoms with E-state index in [1.165, 1.54) is 16.7 Å². The van der Waals surface area contributed by atoms with Gasteiger partial charge >= 0.3 is 0 Å². The number of carbonyl (C=O) groups is 2. The highest BCUT2D eigenvalue weighted by atomic mass is 16.2. The van der Waals surface area contributed by atoms with Crippen molar-refractivity contribution in [2.45, 2.75) is 71.3 Å². The summed E-state index contributed by atoms with van der Waals surface area (Å²) in [5.41, 5.74) is 3.79. The van der Waals surface area contributed by atoms with E-state index in [1.807, 2.05) is 23.1 Å². The number of rotatable bonds is 10. The smallest absolute Gasteiger partial charge is 0.226 e. The molecule has 30 heavy (non-hydrogen) atoms. The van der Waals surface area contributed by atoms with Gasteiger partial charge in [0.15, 0.2) is 5.78 Å². The van der Waals surface area contributed by atoms with Crippen molar-refractivity contribution in [1.29, 1.82) is 0 Å². The average molecular weight is 406 g/mol. The summed E-state index contributed by atoms with van der Waals surface area (Å²) in [5, 5.41) is 0. The molecule has 3 nitrogen and oxygen atoms in total. The fourth-order valence-corrected chi connectivity index (χ4v) is 4.46. The van der Waals surface area contributed by atoms with Crippen molar-refractivity contribution in [1.82, 2.24) is 4.90 Å². The first-order chi connectivity index (χ1) is 14.6. The number of ketones is 1. The lowest BCUT2D eigenvalue weighted by molar-refractivity contribution is -0.141. The number of hydrogen-bond acceptors (Lipinski definition) is 2. The summed E-state index contributed by atoms with van der Waals surface area (Å²) >= 11 is 0. The molecule has 0 aromatic heterocycles. The van der Waals surface area contributed by atoms with Crippen LogP contribution in [-0.4, -0.2) is 29.2 Å². The van der Waals surface area contributed by atoms with Gasteiger partial charge in [-0.3, -0.25) is 9.59 Å². The molecule has 2 aromatic carbocycles. The van der Waals surface area contributed by atoms with Crippen LogP contribution in [-0.2, 0) is 28.9 Å². The predicted octanol–water partition coefficient (Wildman–Crippen LogP) is 5.40. The highest BCUT2D eigenvalue weighted by Crippen LogP contribution is 2.25. The molecule has 1 aliphatic rings. The Hall–Kier alpha value is -2.42. The van der Waals surface area contributed by atoms with Crippen molar-refractivity contribution < 1.29 is 9.59 Å². The van der Waals surface area contributed by atoms with Crippen molar-refractivity contribution in [3.8, 4) is 0 Å². The standard InChI is InChI=1S/C27H35NO2/c1-3-21-12-14-23(15-13-21)17-19-26(29)25-11-8-20-28(25)27(30)24(4-2)18-16-22-9-6-5-7-10-22/h5-7,9-10,12-15,24-25H,3-4,8,11,16-20H2,1-2H3/t24-,25+/m1/s1. The molecule has 0 unspecified atom stereocenters. The molecular formula is C27H35NO2. The van der Waals surface area contributed by atoms with Gasteiger partial charge in [-0.15, -0.1) is 0 Å². The van der Waals surface area contributed by atoms with Gasteiger partial charge in [0.25, 0.3) is 0 Å². The van der Waals surface area contributed by atoms with Gasteiger partial charge in [0.2, 0.25) is 5.91 Å². The first-order valence-corrected chi connectivity index (χ1v) is 11.6. The van der Waals surface area contributed by atoms with Gasteiger partial charge in [0, 0.05) is 18.9 Å². The normalized spacial score (nSPS) is 17.1. The molecule has 1 aliphatic heterocycles. The van der Waals surface area contributed by atoms with Gasteiger partial charge in [-0.2, -0.15) is 0 Å². The molecule has 0 aliphatic carbocycles. The van der Waals surface area contributed by atoms with Gasteiger partial charge in [-0.1, -0.05) is 68.4 Å². The molecular weight excluding hydrogens is 370 g/mol.